The lowest BCUT2D eigenvalue weighted by atomic mass is 9.84. The number of hydrogen-bond acceptors (Lipinski definition) is 2. The normalized spacial score (nSPS) is 29.4. The summed E-state index contributed by atoms with van der Waals surface area (Å²) in [5.41, 5.74) is 6.20. The van der Waals surface area contributed by atoms with E-state index in [1.807, 2.05) is 0 Å². The van der Waals surface area contributed by atoms with Crippen molar-refractivity contribution in [3.8, 4) is 0 Å². The Bertz CT molecular complexity index is 276. The van der Waals surface area contributed by atoms with Crippen molar-refractivity contribution in [1.82, 2.24) is 4.90 Å². The first-order valence-electron chi connectivity index (χ1n) is 7.76. The van der Waals surface area contributed by atoms with E-state index in [9.17, 15) is 4.79 Å². The van der Waals surface area contributed by atoms with Crippen molar-refractivity contribution in [2.24, 2.45) is 17.6 Å². The molecule has 1 amide bonds. The van der Waals surface area contributed by atoms with Gasteiger partial charge in [-0.25, -0.2) is 0 Å². The molecule has 0 aromatic rings. The molecule has 104 valence electrons. The molecule has 2 aliphatic rings. The second-order valence-electron chi connectivity index (χ2n) is 6.08. The van der Waals surface area contributed by atoms with Crippen LogP contribution in [0.15, 0.2) is 0 Å². The molecule has 2 atom stereocenters. The highest BCUT2D eigenvalue weighted by Crippen LogP contribution is 2.29. The Labute approximate surface area is 111 Å². The Hall–Kier alpha value is -0.570. The van der Waals surface area contributed by atoms with Gasteiger partial charge in [0.15, 0.2) is 0 Å². The zero-order chi connectivity index (χ0) is 13.0. The van der Waals surface area contributed by atoms with Crippen LogP contribution in [0.4, 0.5) is 0 Å². The Morgan fingerprint density at radius 2 is 1.83 bits per heavy atom. The lowest BCUT2D eigenvalue weighted by Crippen LogP contribution is -2.46. The standard InChI is InChI=1S/C15H28N2O/c1-2-17(11-12-7-6-8-12)15(18)13-9-4-3-5-10-14(13)16/h12-14H,2-11,16H2,1H3. The maximum absolute atomic E-state index is 12.6. The molecule has 2 unspecified atom stereocenters. The van der Waals surface area contributed by atoms with Crippen LogP contribution in [0.1, 0.15) is 58.3 Å². The topological polar surface area (TPSA) is 46.3 Å². The third-order valence-electron chi connectivity index (χ3n) is 4.78. The van der Waals surface area contributed by atoms with Gasteiger partial charge >= 0.3 is 0 Å². The summed E-state index contributed by atoms with van der Waals surface area (Å²) in [7, 11) is 0. The van der Waals surface area contributed by atoms with Gasteiger partial charge in [0.1, 0.15) is 0 Å². The summed E-state index contributed by atoms with van der Waals surface area (Å²) >= 11 is 0. The summed E-state index contributed by atoms with van der Waals surface area (Å²) < 4.78 is 0. The van der Waals surface area contributed by atoms with E-state index in [0.717, 1.165) is 31.8 Å². The van der Waals surface area contributed by atoms with Gasteiger partial charge in [-0.15, -0.1) is 0 Å². The van der Waals surface area contributed by atoms with E-state index in [4.69, 9.17) is 5.73 Å². The van der Waals surface area contributed by atoms with Gasteiger partial charge in [-0.2, -0.15) is 0 Å². The highest BCUT2D eigenvalue weighted by Gasteiger charge is 2.31. The molecule has 2 saturated carbocycles. The zero-order valence-electron chi connectivity index (χ0n) is 11.7. The van der Waals surface area contributed by atoms with Crippen LogP contribution in [0, 0.1) is 11.8 Å². The maximum atomic E-state index is 12.6. The SMILES string of the molecule is CCN(CC1CCC1)C(=O)C1CCCCCC1N. The summed E-state index contributed by atoms with van der Waals surface area (Å²) in [6.45, 7) is 3.91. The van der Waals surface area contributed by atoms with Crippen LogP contribution in [0.5, 0.6) is 0 Å². The van der Waals surface area contributed by atoms with E-state index in [0.29, 0.717) is 5.91 Å². The number of nitrogens with zero attached hydrogens (tertiary/aromatic N) is 1. The summed E-state index contributed by atoms with van der Waals surface area (Å²) in [6, 6.07) is 0.0930. The Morgan fingerprint density at radius 3 is 2.44 bits per heavy atom. The molecule has 0 aromatic carbocycles. The molecule has 18 heavy (non-hydrogen) atoms. The van der Waals surface area contributed by atoms with Crippen molar-refractivity contribution in [2.45, 2.75) is 64.3 Å². The van der Waals surface area contributed by atoms with Crippen molar-refractivity contribution < 1.29 is 4.79 Å². The molecule has 0 aliphatic heterocycles. The number of carbonyl (C=O) groups is 1. The molecule has 2 rings (SSSR count). The molecule has 3 nitrogen and oxygen atoms in total. The monoisotopic (exact) mass is 252 g/mol. The molecule has 3 heteroatoms. The van der Waals surface area contributed by atoms with Crippen LogP contribution in [-0.4, -0.2) is 29.9 Å². The van der Waals surface area contributed by atoms with Gasteiger partial charge in [-0.1, -0.05) is 25.7 Å². The minimum atomic E-state index is 0.0903. The van der Waals surface area contributed by atoms with Crippen LogP contribution in [0.2, 0.25) is 0 Å². The molecular weight excluding hydrogens is 224 g/mol. The fourth-order valence-electron chi connectivity index (χ4n) is 3.24. The van der Waals surface area contributed by atoms with Crippen LogP contribution < -0.4 is 5.73 Å². The molecule has 0 heterocycles. The van der Waals surface area contributed by atoms with Crippen molar-refractivity contribution in [3.05, 3.63) is 0 Å². The minimum Gasteiger partial charge on any atom is -0.342 e. The average molecular weight is 252 g/mol. The van der Waals surface area contributed by atoms with E-state index in [2.05, 4.69) is 11.8 Å². The molecule has 2 fully saturated rings. The van der Waals surface area contributed by atoms with E-state index in [1.54, 1.807) is 0 Å². The highest BCUT2D eigenvalue weighted by molar-refractivity contribution is 5.79. The first-order valence-corrected chi connectivity index (χ1v) is 7.76. The van der Waals surface area contributed by atoms with Gasteiger partial charge in [0.25, 0.3) is 0 Å². The van der Waals surface area contributed by atoms with E-state index in [1.165, 1.54) is 38.5 Å². The zero-order valence-corrected chi connectivity index (χ0v) is 11.7. The van der Waals surface area contributed by atoms with E-state index < -0.39 is 0 Å². The first kappa shape index (κ1) is 13.9. The number of rotatable bonds is 4. The maximum Gasteiger partial charge on any atom is 0.227 e. The minimum absolute atomic E-state index is 0.0903. The smallest absolute Gasteiger partial charge is 0.227 e. The largest absolute Gasteiger partial charge is 0.342 e. The van der Waals surface area contributed by atoms with Crippen LogP contribution in [0.3, 0.4) is 0 Å². The number of amides is 1. The van der Waals surface area contributed by atoms with Gasteiger partial charge in [0, 0.05) is 19.1 Å². The van der Waals surface area contributed by atoms with Gasteiger partial charge in [-0.05, 0) is 38.5 Å². The number of nitrogens with two attached hydrogens (primary N) is 1. The molecule has 2 N–H and O–H groups in total. The molecule has 0 spiro atoms. The van der Waals surface area contributed by atoms with E-state index >= 15 is 0 Å². The van der Waals surface area contributed by atoms with Crippen molar-refractivity contribution in [2.75, 3.05) is 13.1 Å². The Kier molecular flexibility index (Phi) is 5.04. The van der Waals surface area contributed by atoms with Gasteiger partial charge in [0.05, 0.1) is 5.92 Å². The molecule has 0 aromatic heterocycles. The molecule has 2 aliphatic carbocycles. The predicted molar refractivity (Wildman–Crippen MR) is 74.1 cm³/mol. The fourth-order valence-corrected chi connectivity index (χ4v) is 3.24. The third-order valence-corrected chi connectivity index (χ3v) is 4.78. The number of hydrogen-bond donors (Lipinski definition) is 1. The molecule has 0 bridgehead atoms. The average Bonchev–Trinajstić information content (AvgIpc) is 2.52. The van der Waals surface area contributed by atoms with Crippen molar-refractivity contribution >= 4 is 5.91 Å². The van der Waals surface area contributed by atoms with Gasteiger partial charge in [-0.3, -0.25) is 4.79 Å². The number of carbonyl (C=O) groups excluding carboxylic acids is 1. The van der Waals surface area contributed by atoms with E-state index in [-0.39, 0.29) is 12.0 Å². The lowest BCUT2D eigenvalue weighted by Gasteiger charge is -2.34. The first-order chi connectivity index (χ1) is 8.72. The summed E-state index contributed by atoms with van der Waals surface area (Å²) in [4.78, 5) is 14.7. The second-order valence-corrected chi connectivity index (χ2v) is 6.08. The van der Waals surface area contributed by atoms with Gasteiger partial charge in [0.2, 0.25) is 5.91 Å². The van der Waals surface area contributed by atoms with Gasteiger partial charge < -0.3 is 10.6 Å². The summed E-state index contributed by atoms with van der Waals surface area (Å²) in [5, 5.41) is 0. The quantitative estimate of drug-likeness (QED) is 0.782. The highest BCUT2D eigenvalue weighted by atomic mass is 16.2. The fraction of sp³-hybridized carbons (Fsp3) is 0.933. The molecule has 0 radical (unpaired) electrons. The Morgan fingerprint density at radius 1 is 1.11 bits per heavy atom. The summed E-state index contributed by atoms with van der Waals surface area (Å²) in [6.07, 6.45) is 9.59. The molecular formula is C15H28N2O. The molecule has 0 saturated heterocycles. The van der Waals surface area contributed by atoms with Crippen molar-refractivity contribution in [3.63, 3.8) is 0 Å². The van der Waals surface area contributed by atoms with Crippen LogP contribution in [-0.2, 0) is 4.79 Å². The second kappa shape index (κ2) is 6.55. The van der Waals surface area contributed by atoms with Crippen LogP contribution in [0.25, 0.3) is 0 Å². The predicted octanol–water partition coefficient (Wildman–Crippen LogP) is 2.54. The lowest BCUT2D eigenvalue weighted by molar-refractivity contribution is -0.137. The van der Waals surface area contributed by atoms with Crippen molar-refractivity contribution in [1.29, 1.82) is 0 Å². The Balaban J connectivity index is 1.92. The van der Waals surface area contributed by atoms with Crippen LogP contribution >= 0.6 is 0 Å². The third kappa shape index (κ3) is 3.25. The summed E-state index contributed by atoms with van der Waals surface area (Å²) in [5.74, 6) is 1.18.